The highest BCUT2D eigenvalue weighted by Gasteiger charge is 2.36. The Hall–Kier alpha value is -3.69. The van der Waals surface area contributed by atoms with Crippen molar-refractivity contribution < 1.29 is 24.2 Å². The number of nitrogens with zero attached hydrogens (tertiary/aromatic N) is 3. The van der Waals surface area contributed by atoms with E-state index in [1.165, 1.54) is 0 Å². The molecule has 36 heavy (non-hydrogen) atoms. The molecule has 2 atom stereocenters. The lowest BCUT2D eigenvalue weighted by Gasteiger charge is -2.36. The van der Waals surface area contributed by atoms with E-state index >= 15 is 0 Å². The molecule has 190 valence electrons. The molecule has 9 heteroatoms. The molecule has 4 rings (SSSR count). The highest BCUT2D eigenvalue weighted by molar-refractivity contribution is 5.89. The Morgan fingerprint density at radius 1 is 1.17 bits per heavy atom. The Morgan fingerprint density at radius 2 is 1.89 bits per heavy atom. The lowest BCUT2D eigenvalue weighted by atomic mass is 10.00. The molecule has 2 aromatic carbocycles. The molecule has 9 nitrogen and oxygen atoms in total. The van der Waals surface area contributed by atoms with E-state index in [2.05, 4.69) is 5.32 Å². The molecule has 2 N–H and O–H groups in total. The van der Waals surface area contributed by atoms with E-state index in [0.717, 1.165) is 22.6 Å². The first-order valence-electron chi connectivity index (χ1n) is 12.1. The average Bonchev–Trinajstić information content (AvgIpc) is 3.17. The minimum Gasteiger partial charge on any atom is -0.491 e. The second kappa shape index (κ2) is 11.4. The molecule has 1 aromatic heterocycles. The van der Waals surface area contributed by atoms with Gasteiger partial charge in [-0.05, 0) is 57.2 Å². The van der Waals surface area contributed by atoms with Crippen LogP contribution in [-0.2, 0) is 9.53 Å². The first-order valence-corrected chi connectivity index (χ1v) is 12.1. The van der Waals surface area contributed by atoms with Gasteiger partial charge < -0.3 is 19.9 Å². The van der Waals surface area contributed by atoms with Crippen molar-refractivity contribution in [2.24, 2.45) is 0 Å². The molecule has 1 fully saturated rings. The van der Waals surface area contributed by atoms with Crippen molar-refractivity contribution in [1.82, 2.24) is 20.0 Å². The monoisotopic (exact) mass is 492 g/mol. The number of aliphatic hydroxyl groups is 1. The number of esters is 1. The van der Waals surface area contributed by atoms with Crippen LogP contribution in [0.25, 0.3) is 5.69 Å². The number of ether oxygens (including phenoxy) is 2. The number of rotatable bonds is 9. The maximum atomic E-state index is 13.0. The van der Waals surface area contributed by atoms with Gasteiger partial charge in [0.1, 0.15) is 24.5 Å². The fourth-order valence-electron chi connectivity index (χ4n) is 4.51. The third kappa shape index (κ3) is 5.58. The number of amides is 1. The molecule has 1 saturated heterocycles. The van der Waals surface area contributed by atoms with Crippen molar-refractivity contribution >= 4 is 11.9 Å². The zero-order chi connectivity index (χ0) is 25.7. The van der Waals surface area contributed by atoms with Crippen molar-refractivity contribution in [3.63, 3.8) is 0 Å². The molecule has 0 spiro atoms. The van der Waals surface area contributed by atoms with Gasteiger partial charge in [-0.15, -0.1) is 0 Å². The largest absolute Gasteiger partial charge is 0.491 e. The maximum absolute atomic E-state index is 13.0. The van der Waals surface area contributed by atoms with Gasteiger partial charge in [0.25, 0.3) is 0 Å². The summed E-state index contributed by atoms with van der Waals surface area (Å²) in [5.41, 5.74) is 3.87. The molecule has 2 unspecified atom stereocenters. The van der Waals surface area contributed by atoms with Crippen molar-refractivity contribution in [2.75, 3.05) is 32.8 Å². The number of hydrogen-bond donors (Lipinski definition) is 2. The lowest BCUT2D eigenvalue weighted by molar-refractivity contribution is -0.130. The van der Waals surface area contributed by atoms with Gasteiger partial charge in [-0.1, -0.05) is 18.2 Å². The van der Waals surface area contributed by atoms with Crippen LogP contribution < -0.4 is 10.1 Å². The van der Waals surface area contributed by atoms with Gasteiger partial charge in [0, 0.05) is 30.9 Å². The van der Waals surface area contributed by atoms with Crippen molar-refractivity contribution in [2.45, 2.75) is 32.9 Å². The summed E-state index contributed by atoms with van der Waals surface area (Å²) in [5.74, 6) is 0.0354. The van der Waals surface area contributed by atoms with Gasteiger partial charge in [-0.3, -0.25) is 9.69 Å². The molecular weight excluding hydrogens is 460 g/mol. The second-order valence-electron chi connectivity index (χ2n) is 8.73. The van der Waals surface area contributed by atoms with Gasteiger partial charge in [-0.2, -0.15) is 5.10 Å². The predicted octanol–water partition coefficient (Wildman–Crippen LogP) is 2.58. The van der Waals surface area contributed by atoms with Gasteiger partial charge >= 0.3 is 5.97 Å². The molecule has 0 aliphatic carbocycles. The Bertz CT molecular complexity index is 1190. The van der Waals surface area contributed by atoms with Crippen LogP contribution in [0.5, 0.6) is 5.75 Å². The third-order valence-electron chi connectivity index (χ3n) is 6.19. The van der Waals surface area contributed by atoms with Crippen molar-refractivity contribution in [3.05, 3.63) is 77.1 Å². The van der Waals surface area contributed by atoms with Crippen LogP contribution in [-0.4, -0.2) is 70.6 Å². The third-order valence-corrected chi connectivity index (χ3v) is 6.19. The van der Waals surface area contributed by atoms with E-state index in [1.807, 2.05) is 53.8 Å². The van der Waals surface area contributed by atoms with Crippen LogP contribution >= 0.6 is 0 Å². The number of hydrogen-bond acceptors (Lipinski definition) is 7. The topological polar surface area (TPSA) is 106 Å². The lowest BCUT2D eigenvalue weighted by Crippen LogP contribution is -2.52. The summed E-state index contributed by atoms with van der Waals surface area (Å²) >= 11 is 0. The van der Waals surface area contributed by atoms with Crippen LogP contribution in [0.2, 0.25) is 0 Å². The molecular formula is C27H32N4O5. The number of nitrogens with one attached hydrogen (secondary N) is 1. The van der Waals surface area contributed by atoms with Crippen LogP contribution in [0.3, 0.4) is 0 Å². The summed E-state index contributed by atoms with van der Waals surface area (Å²) < 4.78 is 12.6. The smallest absolute Gasteiger partial charge is 0.338 e. The molecule has 0 bridgehead atoms. The highest BCUT2D eigenvalue weighted by Crippen LogP contribution is 2.30. The molecule has 0 saturated carbocycles. The number of para-hydroxylation sites is 1. The van der Waals surface area contributed by atoms with Crippen molar-refractivity contribution in [1.29, 1.82) is 0 Å². The molecule has 1 aliphatic heterocycles. The van der Waals surface area contributed by atoms with E-state index in [9.17, 15) is 14.7 Å². The molecule has 3 aromatic rings. The molecule has 1 amide bonds. The predicted molar refractivity (Wildman–Crippen MR) is 134 cm³/mol. The number of carbonyl (C=O) groups is 2. The van der Waals surface area contributed by atoms with E-state index < -0.39 is 12.1 Å². The summed E-state index contributed by atoms with van der Waals surface area (Å²) in [4.78, 5) is 26.8. The normalized spacial score (nSPS) is 16.9. The Labute approximate surface area is 210 Å². The van der Waals surface area contributed by atoms with Crippen molar-refractivity contribution in [3.8, 4) is 11.4 Å². The molecule has 2 heterocycles. The fourth-order valence-corrected chi connectivity index (χ4v) is 4.51. The maximum Gasteiger partial charge on any atom is 0.338 e. The summed E-state index contributed by atoms with van der Waals surface area (Å²) in [6, 6.07) is 15.8. The number of carbonyl (C=O) groups excluding carboxylic acids is 2. The van der Waals surface area contributed by atoms with Gasteiger partial charge in [-0.25, -0.2) is 9.48 Å². The number of aryl methyl sites for hydroxylation is 1. The minimum absolute atomic E-state index is 0.0465. The van der Waals surface area contributed by atoms with E-state index in [4.69, 9.17) is 14.6 Å². The summed E-state index contributed by atoms with van der Waals surface area (Å²) in [6.45, 7) is 7.33. The van der Waals surface area contributed by atoms with Crippen LogP contribution in [0.15, 0.2) is 54.6 Å². The Kier molecular flexibility index (Phi) is 8.02. The van der Waals surface area contributed by atoms with Gasteiger partial charge in [0.05, 0.1) is 23.6 Å². The second-order valence-corrected chi connectivity index (χ2v) is 8.73. The van der Waals surface area contributed by atoms with Crippen LogP contribution in [0.4, 0.5) is 0 Å². The number of piperazine rings is 1. The van der Waals surface area contributed by atoms with E-state index in [-0.39, 0.29) is 25.0 Å². The first kappa shape index (κ1) is 25.4. The summed E-state index contributed by atoms with van der Waals surface area (Å²) in [7, 11) is 0. The zero-order valence-electron chi connectivity index (χ0n) is 20.8. The summed E-state index contributed by atoms with van der Waals surface area (Å²) in [6.07, 6.45) is -0.826. The van der Waals surface area contributed by atoms with Gasteiger partial charge in [0.15, 0.2) is 0 Å². The molecule has 0 radical (unpaired) electrons. The quantitative estimate of drug-likeness (QED) is 0.442. The number of β-amino-alcohol motifs (C(OH)–C–C–N with tert-alkyl or cyclic N) is 1. The van der Waals surface area contributed by atoms with Crippen LogP contribution in [0.1, 0.15) is 40.3 Å². The number of aliphatic hydroxyl groups excluding tert-OH is 1. The van der Waals surface area contributed by atoms with Crippen LogP contribution in [0, 0.1) is 13.8 Å². The number of aromatic nitrogens is 2. The van der Waals surface area contributed by atoms with Gasteiger partial charge in [0.2, 0.25) is 5.91 Å². The highest BCUT2D eigenvalue weighted by atomic mass is 16.5. The van der Waals surface area contributed by atoms with E-state index in [0.29, 0.717) is 31.0 Å². The Balaban J connectivity index is 1.45. The molecule has 1 aliphatic rings. The zero-order valence-corrected chi connectivity index (χ0v) is 20.8. The fraction of sp³-hybridized carbons (Fsp3) is 0.370. The minimum atomic E-state index is -0.826. The number of benzene rings is 2. The average molecular weight is 493 g/mol. The Morgan fingerprint density at radius 3 is 2.58 bits per heavy atom. The van der Waals surface area contributed by atoms with E-state index in [1.54, 1.807) is 31.2 Å². The first-order chi connectivity index (χ1) is 17.4. The SMILES string of the molecule is CCOC(=O)c1ccc(OCC(O)CN2CCNC(=O)C2c2c(C)nn(-c3ccccc3)c2C)cc1. The summed E-state index contributed by atoms with van der Waals surface area (Å²) in [5, 5.41) is 18.4. The standard InChI is InChI=1S/C27H32N4O5/c1-4-35-27(34)20-10-12-23(13-11-20)36-17-22(32)16-30-15-14-28-26(33)25(30)24-18(2)29-31(19(24)3)21-8-6-5-7-9-21/h5-13,22,25,32H,4,14-17H2,1-3H3,(H,28,33).